The number of nitrogens with zero attached hydrogens (tertiary/aromatic N) is 1. The summed E-state index contributed by atoms with van der Waals surface area (Å²) in [5.41, 5.74) is 2.23. The van der Waals surface area contributed by atoms with E-state index in [1.54, 1.807) is 12.1 Å². The number of hydrogen-bond acceptors (Lipinski definition) is 2. The lowest BCUT2D eigenvalue weighted by Crippen LogP contribution is -2.46. The van der Waals surface area contributed by atoms with Gasteiger partial charge in [-0.1, -0.05) is 13.0 Å². The van der Waals surface area contributed by atoms with E-state index in [0.717, 1.165) is 25.2 Å². The maximum absolute atomic E-state index is 13.0. The van der Waals surface area contributed by atoms with E-state index in [4.69, 9.17) is 0 Å². The number of piperidine rings is 1. The van der Waals surface area contributed by atoms with Gasteiger partial charge in [-0.05, 0) is 56.1 Å². The summed E-state index contributed by atoms with van der Waals surface area (Å²) in [5, 5.41) is 3.62. The zero-order valence-electron chi connectivity index (χ0n) is 11.5. The Hall–Kier alpha value is -0.930. The molecular formula is C15H23FN2. The number of likely N-dealkylation sites (tertiary alicyclic amines) is 1. The minimum Gasteiger partial charge on any atom is -0.310 e. The predicted molar refractivity (Wildman–Crippen MR) is 73.0 cm³/mol. The van der Waals surface area contributed by atoms with Gasteiger partial charge in [-0.15, -0.1) is 0 Å². The van der Waals surface area contributed by atoms with Crippen molar-refractivity contribution >= 4 is 0 Å². The molecule has 0 spiro atoms. The van der Waals surface area contributed by atoms with E-state index in [9.17, 15) is 4.39 Å². The van der Waals surface area contributed by atoms with Crippen molar-refractivity contribution in [3.05, 3.63) is 35.1 Å². The fourth-order valence-corrected chi connectivity index (χ4v) is 2.76. The third-order valence-corrected chi connectivity index (χ3v) is 3.97. The lowest BCUT2D eigenvalue weighted by Gasteiger charge is -2.35. The Morgan fingerprint density at radius 1 is 1.44 bits per heavy atom. The van der Waals surface area contributed by atoms with Gasteiger partial charge in [-0.25, -0.2) is 4.39 Å². The average molecular weight is 250 g/mol. The largest absolute Gasteiger partial charge is 0.310 e. The fraction of sp³-hybridized carbons (Fsp3) is 0.600. The van der Waals surface area contributed by atoms with E-state index < -0.39 is 0 Å². The van der Waals surface area contributed by atoms with Crippen LogP contribution in [0.25, 0.3) is 0 Å². The van der Waals surface area contributed by atoms with Gasteiger partial charge in [0.2, 0.25) is 0 Å². The van der Waals surface area contributed by atoms with Gasteiger partial charge < -0.3 is 10.2 Å². The molecule has 1 aromatic carbocycles. The number of benzene rings is 1. The molecule has 0 aromatic heterocycles. The summed E-state index contributed by atoms with van der Waals surface area (Å²) < 4.78 is 13.0. The highest BCUT2D eigenvalue weighted by Gasteiger charge is 2.23. The summed E-state index contributed by atoms with van der Waals surface area (Å²) in [4.78, 5) is 2.38. The molecule has 3 heteroatoms. The zero-order valence-corrected chi connectivity index (χ0v) is 11.5. The van der Waals surface area contributed by atoms with E-state index in [-0.39, 0.29) is 5.82 Å². The molecule has 0 radical (unpaired) electrons. The van der Waals surface area contributed by atoms with Crippen LogP contribution >= 0.6 is 0 Å². The molecular weight excluding hydrogens is 227 g/mol. The molecule has 100 valence electrons. The Kier molecular flexibility index (Phi) is 4.36. The summed E-state index contributed by atoms with van der Waals surface area (Å²) in [6.45, 7) is 7.42. The highest BCUT2D eigenvalue weighted by atomic mass is 19.1. The second kappa shape index (κ2) is 5.81. The first-order chi connectivity index (χ1) is 8.56. The normalized spacial score (nSPS) is 25.3. The lowest BCUT2D eigenvalue weighted by atomic mass is 9.94. The molecule has 0 saturated carbocycles. The second-order valence-corrected chi connectivity index (χ2v) is 5.59. The molecule has 1 heterocycles. The number of aryl methyl sites for hydroxylation is 1. The molecule has 2 atom stereocenters. The monoisotopic (exact) mass is 250 g/mol. The van der Waals surface area contributed by atoms with Gasteiger partial charge in [0, 0.05) is 19.1 Å². The molecule has 2 rings (SSSR count). The molecule has 1 fully saturated rings. The van der Waals surface area contributed by atoms with E-state index >= 15 is 0 Å². The molecule has 0 amide bonds. The van der Waals surface area contributed by atoms with Gasteiger partial charge in [0.05, 0.1) is 0 Å². The minimum absolute atomic E-state index is 0.149. The Morgan fingerprint density at radius 3 is 2.89 bits per heavy atom. The number of hydrogen-bond donors (Lipinski definition) is 1. The number of rotatable bonds is 3. The first kappa shape index (κ1) is 13.5. The lowest BCUT2D eigenvalue weighted by molar-refractivity contribution is 0.174. The van der Waals surface area contributed by atoms with Gasteiger partial charge in [0.15, 0.2) is 0 Å². The molecule has 18 heavy (non-hydrogen) atoms. The quantitative estimate of drug-likeness (QED) is 0.887. The smallest absolute Gasteiger partial charge is 0.123 e. The molecule has 1 aromatic rings. The van der Waals surface area contributed by atoms with Crippen LogP contribution in [0, 0.1) is 18.7 Å². The van der Waals surface area contributed by atoms with E-state index in [1.165, 1.54) is 12.0 Å². The second-order valence-electron chi connectivity index (χ2n) is 5.59. The first-order valence-electron chi connectivity index (χ1n) is 6.73. The molecule has 0 aliphatic carbocycles. The van der Waals surface area contributed by atoms with Crippen LogP contribution in [-0.4, -0.2) is 31.1 Å². The van der Waals surface area contributed by atoms with Crippen LogP contribution in [0.2, 0.25) is 0 Å². The van der Waals surface area contributed by atoms with Crippen LogP contribution in [0.15, 0.2) is 18.2 Å². The maximum Gasteiger partial charge on any atom is 0.123 e. The molecule has 1 saturated heterocycles. The molecule has 2 nitrogen and oxygen atoms in total. The third-order valence-electron chi connectivity index (χ3n) is 3.97. The van der Waals surface area contributed by atoms with Crippen LogP contribution in [0.5, 0.6) is 0 Å². The van der Waals surface area contributed by atoms with Crippen molar-refractivity contribution in [1.29, 1.82) is 0 Å². The minimum atomic E-state index is -0.149. The van der Waals surface area contributed by atoms with E-state index in [0.29, 0.717) is 12.0 Å². The third kappa shape index (κ3) is 3.30. The summed E-state index contributed by atoms with van der Waals surface area (Å²) >= 11 is 0. The van der Waals surface area contributed by atoms with Crippen LogP contribution < -0.4 is 5.32 Å². The summed E-state index contributed by atoms with van der Waals surface area (Å²) in [5.74, 6) is 0.522. The van der Waals surface area contributed by atoms with Crippen LogP contribution in [0.1, 0.15) is 24.5 Å². The van der Waals surface area contributed by atoms with Crippen molar-refractivity contribution in [2.45, 2.75) is 32.9 Å². The molecule has 1 aliphatic rings. The van der Waals surface area contributed by atoms with Crippen LogP contribution in [-0.2, 0) is 6.54 Å². The van der Waals surface area contributed by atoms with Crippen molar-refractivity contribution < 1.29 is 4.39 Å². The summed E-state index contributed by atoms with van der Waals surface area (Å²) in [6.07, 6.45) is 1.19. The predicted octanol–water partition coefficient (Wildman–Crippen LogP) is 2.56. The summed E-state index contributed by atoms with van der Waals surface area (Å²) in [6, 6.07) is 5.61. The molecule has 0 bridgehead atoms. The Morgan fingerprint density at radius 2 is 2.22 bits per heavy atom. The van der Waals surface area contributed by atoms with Crippen molar-refractivity contribution in [2.75, 3.05) is 20.1 Å². The van der Waals surface area contributed by atoms with E-state index in [1.807, 2.05) is 13.0 Å². The SMILES string of the molecule is Cc1cc(F)ccc1CNC1CCN(C)CC1C. The Labute approximate surface area is 109 Å². The molecule has 2 unspecified atom stereocenters. The average Bonchev–Trinajstić information content (AvgIpc) is 2.30. The van der Waals surface area contributed by atoms with Gasteiger partial charge in [-0.2, -0.15) is 0 Å². The maximum atomic E-state index is 13.0. The van der Waals surface area contributed by atoms with Gasteiger partial charge in [0.25, 0.3) is 0 Å². The highest BCUT2D eigenvalue weighted by Crippen LogP contribution is 2.17. The van der Waals surface area contributed by atoms with E-state index in [2.05, 4.69) is 24.2 Å². The first-order valence-corrected chi connectivity index (χ1v) is 6.73. The van der Waals surface area contributed by atoms with Crippen LogP contribution in [0.4, 0.5) is 4.39 Å². The van der Waals surface area contributed by atoms with Gasteiger partial charge >= 0.3 is 0 Å². The number of nitrogens with one attached hydrogen (secondary N) is 1. The Balaban J connectivity index is 1.91. The van der Waals surface area contributed by atoms with Gasteiger partial charge in [-0.3, -0.25) is 0 Å². The van der Waals surface area contributed by atoms with Crippen molar-refractivity contribution in [2.24, 2.45) is 5.92 Å². The summed E-state index contributed by atoms with van der Waals surface area (Å²) in [7, 11) is 2.18. The molecule has 1 aliphatic heterocycles. The van der Waals surface area contributed by atoms with Crippen molar-refractivity contribution in [1.82, 2.24) is 10.2 Å². The van der Waals surface area contributed by atoms with Crippen molar-refractivity contribution in [3.8, 4) is 0 Å². The number of halogens is 1. The zero-order chi connectivity index (χ0) is 13.1. The molecule has 1 N–H and O–H groups in total. The topological polar surface area (TPSA) is 15.3 Å². The standard InChI is InChI=1S/C15H23FN2/c1-11-8-14(16)5-4-13(11)9-17-15-6-7-18(3)10-12(15)2/h4-5,8,12,15,17H,6-7,9-10H2,1-3H3. The van der Waals surface area contributed by atoms with Crippen LogP contribution in [0.3, 0.4) is 0 Å². The van der Waals surface area contributed by atoms with Crippen molar-refractivity contribution in [3.63, 3.8) is 0 Å². The van der Waals surface area contributed by atoms with Gasteiger partial charge in [0.1, 0.15) is 5.82 Å². The Bertz CT molecular complexity index is 405. The highest BCUT2D eigenvalue weighted by molar-refractivity contribution is 5.26. The fourth-order valence-electron chi connectivity index (χ4n) is 2.76.